The van der Waals surface area contributed by atoms with Crippen molar-refractivity contribution in [2.75, 3.05) is 13.6 Å². The van der Waals surface area contributed by atoms with Crippen LogP contribution in [0.25, 0.3) is 10.9 Å². The van der Waals surface area contributed by atoms with E-state index in [4.69, 9.17) is 18.0 Å². The molecule has 1 heterocycles. The van der Waals surface area contributed by atoms with Crippen LogP contribution < -0.4 is 0 Å². The standard InChI is InChI=1S/C14H11ClN2O/c1-3-8-17(2)14(18)11-9-13(15)16-12-7-5-4-6-10(11)12/h1,4-7,9H,8H2,2H3. The fourth-order valence-corrected chi connectivity index (χ4v) is 1.93. The van der Waals surface area contributed by atoms with Gasteiger partial charge in [0.1, 0.15) is 5.15 Å². The van der Waals surface area contributed by atoms with E-state index in [2.05, 4.69) is 10.9 Å². The summed E-state index contributed by atoms with van der Waals surface area (Å²) < 4.78 is 0. The summed E-state index contributed by atoms with van der Waals surface area (Å²) in [6, 6.07) is 8.94. The third-order valence-electron chi connectivity index (χ3n) is 2.59. The van der Waals surface area contributed by atoms with Gasteiger partial charge < -0.3 is 4.90 Å². The summed E-state index contributed by atoms with van der Waals surface area (Å²) in [5.74, 6) is 2.28. The van der Waals surface area contributed by atoms with E-state index in [0.29, 0.717) is 16.2 Å². The van der Waals surface area contributed by atoms with Crippen molar-refractivity contribution >= 4 is 28.4 Å². The predicted octanol–water partition coefficient (Wildman–Crippen LogP) is 2.59. The number of fused-ring (bicyclic) bond motifs is 1. The van der Waals surface area contributed by atoms with Gasteiger partial charge in [-0.15, -0.1) is 6.42 Å². The minimum atomic E-state index is -0.159. The number of para-hydroxylation sites is 1. The zero-order valence-corrected chi connectivity index (χ0v) is 10.6. The van der Waals surface area contributed by atoms with Gasteiger partial charge in [-0.3, -0.25) is 4.79 Å². The Hall–Kier alpha value is -2.05. The van der Waals surface area contributed by atoms with Crippen molar-refractivity contribution in [2.45, 2.75) is 0 Å². The fourth-order valence-electron chi connectivity index (χ4n) is 1.73. The Labute approximate surface area is 110 Å². The van der Waals surface area contributed by atoms with Crippen molar-refractivity contribution in [3.63, 3.8) is 0 Å². The number of terminal acetylenes is 1. The van der Waals surface area contributed by atoms with Gasteiger partial charge in [-0.1, -0.05) is 35.7 Å². The predicted molar refractivity (Wildman–Crippen MR) is 72.5 cm³/mol. The van der Waals surface area contributed by atoms with Gasteiger partial charge in [0.05, 0.1) is 17.6 Å². The van der Waals surface area contributed by atoms with Crippen LogP contribution in [0.4, 0.5) is 0 Å². The molecule has 2 aromatic rings. The normalized spacial score (nSPS) is 10.1. The number of rotatable bonds is 2. The molecule has 3 nitrogen and oxygen atoms in total. The van der Waals surface area contributed by atoms with Gasteiger partial charge in [-0.2, -0.15) is 0 Å². The lowest BCUT2D eigenvalue weighted by molar-refractivity contribution is 0.0814. The van der Waals surface area contributed by atoms with E-state index in [9.17, 15) is 4.79 Å². The van der Waals surface area contributed by atoms with Crippen molar-refractivity contribution in [1.29, 1.82) is 0 Å². The number of benzene rings is 1. The van der Waals surface area contributed by atoms with Crippen LogP contribution in [-0.2, 0) is 0 Å². The van der Waals surface area contributed by atoms with Crippen LogP contribution in [0, 0.1) is 12.3 Å². The Balaban J connectivity index is 2.57. The molecular weight excluding hydrogens is 248 g/mol. The maximum Gasteiger partial charge on any atom is 0.255 e. The second-order valence-electron chi connectivity index (χ2n) is 3.88. The lowest BCUT2D eigenvalue weighted by Crippen LogP contribution is -2.27. The zero-order chi connectivity index (χ0) is 13.1. The third-order valence-corrected chi connectivity index (χ3v) is 2.78. The number of carbonyl (C=O) groups is 1. The van der Waals surface area contributed by atoms with Crippen molar-refractivity contribution in [3.05, 3.63) is 41.0 Å². The third kappa shape index (κ3) is 2.29. The van der Waals surface area contributed by atoms with Gasteiger partial charge in [0.25, 0.3) is 5.91 Å². The fraction of sp³-hybridized carbons (Fsp3) is 0.143. The summed E-state index contributed by atoms with van der Waals surface area (Å²) in [4.78, 5) is 17.9. The molecular formula is C14H11ClN2O. The van der Waals surface area contributed by atoms with Crippen LogP contribution in [-0.4, -0.2) is 29.4 Å². The molecule has 2 rings (SSSR count). The molecule has 1 amide bonds. The molecule has 0 radical (unpaired) electrons. The van der Waals surface area contributed by atoms with E-state index >= 15 is 0 Å². The highest BCUT2D eigenvalue weighted by atomic mass is 35.5. The van der Waals surface area contributed by atoms with Gasteiger partial charge in [0.2, 0.25) is 0 Å². The molecule has 0 unspecified atom stereocenters. The molecule has 0 aliphatic carbocycles. The molecule has 1 aromatic heterocycles. The molecule has 0 saturated heterocycles. The quantitative estimate of drug-likeness (QED) is 0.613. The zero-order valence-electron chi connectivity index (χ0n) is 9.85. The number of amides is 1. The van der Waals surface area contributed by atoms with Crippen LogP contribution >= 0.6 is 11.6 Å². The van der Waals surface area contributed by atoms with Gasteiger partial charge >= 0.3 is 0 Å². The molecule has 18 heavy (non-hydrogen) atoms. The Morgan fingerprint density at radius 3 is 2.94 bits per heavy atom. The van der Waals surface area contributed by atoms with E-state index in [1.165, 1.54) is 4.90 Å². The van der Waals surface area contributed by atoms with E-state index < -0.39 is 0 Å². The van der Waals surface area contributed by atoms with Crippen molar-refractivity contribution in [2.24, 2.45) is 0 Å². The van der Waals surface area contributed by atoms with Crippen molar-refractivity contribution in [1.82, 2.24) is 9.88 Å². The summed E-state index contributed by atoms with van der Waals surface area (Å²) in [7, 11) is 1.66. The molecule has 90 valence electrons. The molecule has 0 spiro atoms. The van der Waals surface area contributed by atoms with E-state index in [1.54, 1.807) is 13.1 Å². The van der Waals surface area contributed by atoms with Crippen molar-refractivity contribution in [3.8, 4) is 12.3 Å². The second kappa shape index (κ2) is 5.07. The van der Waals surface area contributed by atoms with Gasteiger partial charge in [-0.05, 0) is 12.1 Å². The average molecular weight is 259 g/mol. The maximum absolute atomic E-state index is 12.2. The minimum Gasteiger partial charge on any atom is -0.331 e. The second-order valence-corrected chi connectivity index (χ2v) is 4.26. The molecule has 4 heteroatoms. The average Bonchev–Trinajstić information content (AvgIpc) is 2.37. The number of hydrogen-bond acceptors (Lipinski definition) is 2. The first-order valence-electron chi connectivity index (χ1n) is 5.37. The van der Waals surface area contributed by atoms with Crippen LogP contribution in [0.5, 0.6) is 0 Å². The molecule has 0 N–H and O–H groups in total. The summed E-state index contributed by atoms with van der Waals surface area (Å²) in [6.07, 6.45) is 5.21. The maximum atomic E-state index is 12.2. The number of pyridine rings is 1. The molecule has 0 aliphatic rings. The Morgan fingerprint density at radius 2 is 2.22 bits per heavy atom. The van der Waals surface area contributed by atoms with Crippen LogP contribution in [0.3, 0.4) is 0 Å². The van der Waals surface area contributed by atoms with Crippen LogP contribution in [0.1, 0.15) is 10.4 Å². The number of nitrogens with zero attached hydrogens (tertiary/aromatic N) is 2. The Morgan fingerprint density at radius 1 is 1.50 bits per heavy atom. The number of halogens is 1. The summed E-state index contributed by atoms with van der Waals surface area (Å²) in [5.41, 5.74) is 1.21. The lowest BCUT2D eigenvalue weighted by atomic mass is 10.1. The smallest absolute Gasteiger partial charge is 0.255 e. The highest BCUT2D eigenvalue weighted by Gasteiger charge is 2.15. The molecule has 0 bridgehead atoms. The number of hydrogen-bond donors (Lipinski definition) is 0. The number of aromatic nitrogens is 1. The molecule has 0 saturated carbocycles. The summed E-state index contributed by atoms with van der Waals surface area (Å²) in [5, 5.41) is 1.07. The highest BCUT2D eigenvalue weighted by molar-refractivity contribution is 6.30. The van der Waals surface area contributed by atoms with Gasteiger partial charge in [0, 0.05) is 12.4 Å². The molecule has 1 aromatic carbocycles. The van der Waals surface area contributed by atoms with Crippen LogP contribution in [0.2, 0.25) is 5.15 Å². The molecule has 0 fully saturated rings. The Kier molecular flexibility index (Phi) is 3.50. The lowest BCUT2D eigenvalue weighted by Gasteiger charge is -2.15. The number of carbonyl (C=O) groups excluding carboxylic acids is 1. The summed E-state index contributed by atoms with van der Waals surface area (Å²) >= 11 is 5.93. The highest BCUT2D eigenvalue weighted by Crippen LogP contribution is 2.21. The molecule has 0 aliphatic heterocycles. The van der Waals surface area contributed by atoms with Crippen LogP contribution in [0.15, 0.2) is 30.3 Å². The summed E-state index contributed by atoms with van der Waals surface area (Å²) in [6.45, 7) is 0.257. The van der Waals surface area contributed by atoms with E-state index in [-0.39, 0.29) is 12.5 Å². The first-order chi connectivity index (χ1) is 8.63. The molecule has 0 atom stereocenters. The largest absolute Gasteiger partial charge is 0.331 e. The van der Waals surface area contributed by atoms with E-state index in [1.807, 2.05) is 24.3 Å². The first-order valence-corrected chi connectivity index (χ1v) is 5.75. The Bertz CT molecular complexity index is 646. The minimum absolute atomic E-state index is 0.159. The van der Waals surface area contributed by atoms with Gasteiger partial charge in [-0.25, -0.2) is 4.98 Å². The first kappa shape index (κ1) is 12.4. The van der Waals surface area contributed by atoms with E-state index in [0.717, 1.165) is 5.39 Å². The van der Waals surface area contributed by atoms with Crippen molar-refractivity contribution < 1.29 is 4.79 Å². The topological polar surface area (TPSA) is 33.2 Å². The van der Waals surface area contributed by atoms with Gasteiger partial charge in [0.15, 0.2) is 0 Å². The monoisotopic (exact) mass is 258 g/mol. The SMILES string of the molecule is C#CCN(C)C(=O)c1cc(Cl)nc2ccccc12.